The monoisotopic (exact) mass is 378 g/mol. The van der Waals surface area contributed by atoms with Crippen LogP contribution >= 0.6 is 23.4 Å². The molecule has 1 unspecified atom stereocenters. The molecule has 5 nitrogen and oxygen atoms in total. The molecule has 1 atom stereocenters. The molecule has 0 saturated heterocycles. The van der Waals surface area contributed by atoms with Crippen LogP contribution in [0.2, 0.25) is 5.02 Å². The molecule has 0 spiro atoms. The number of benzene rings is 1. The summed E-state index contributed by atoms with van der Waals surface area (Å²) in [5.74, 6) is -0.217. The molecule has 0 saturated carbocycles. The van der Waals surface area contributed by atoms with Crippen LogP contribution < -0.4 is 5.32 Å². The highest BCUT2D eigenvalue weighted by Crippen LogP contribution is 2.29. The average molecular weight is 379 g/mol. The van der Waals surface area contributed by atoms with Gasteiger partial charge in [-0.3, -0.25) is 4.79 Å². The van der Waals surface area contributed by atoms with Gasteiger partial charge in [0.25, 0.3) is 0 Å². The van der Waals surface area contributed by atoms with E-state index in [0.29, 0.717) is 21.6 Å². The molecular formula is C14H14ClF3N4OS. The lowest BCUT2D eigenvalue weighted by molar-refractivity contribution is -0.137. The number of carbonyl (C=O) groups excluding carboxylic acids is 1. The highest BCUT2D eigenvalue weighted by Gasteiger charge is 2.29. The van der Waals surface area contributed by atoms with E-state index < -0.39 is 23.9 Å². The molecule has 1 N–H and O–H groups in total. The molecule has 130 valence electrons. The Morgan fingerprint density at radius 2 is 2.04 bits per heavy atom. The Balaban J connectivity index is 2.09. The van der Waals surface area contributed by atoms with Crippen LogP contribution in [0.3, 0.4) is 0 Å². The van der Waals surface area contributed by atoms with Crippen LogP contribution in [0.25, 0.3) is 11.4 Å². The summed E-state index contributed by atoms with van der Waals surface area (Å²) in [6.45, 7) is 0.140. The van der Waals surface area contributed by atoms with Gasteiger partial charge in [-0.15, -0.1) is 10.2 Å². The predicted octanol–water partition coefficient (Wildman–Crippen LogP) is 3.29. The number of aromatic nitrogens is 3. The van der Waals surface area contributed by atoms with Gasteiger partial charge in [-0.2, -0.15) is 13.2 Å². The van der Waals surface area contributed by atoms with Crippen LogP contribution in [-0.2, 0) is 11.8 Å². The Labute approximate surface area is 145 Å². The standard InChI is InChI=1S/C14H14ClF3N4OS/c1-8(12(23)19-7-14(16,17)18)24-13-21-20-11(22(13)2)9-5-3-4-6-10(9)15/h3-6,8H,7H2,1-2H3,(H,19,23). The van der Waals surface area contributed by atoms with Gasteiger partial charge in [0.15, 0.2) is 11.0 Å². The van der Waals surface area contributed by atoms with Crippen molar-refractivity contribution in [3.63, 3.8) is 0 Å². The molecular weight excluding hydrogens is 365 g/mol. The maximum atomic E-state index is 12.1. The van der Waals surface area contributed by atoms with E-state index >= 15 is 0 Å². The second-order valence-corrected chi connectivity index (χ2v) is 6.65. The zero-order chi connectivity index (χ0) is 17.9. The van der Waals surface area contributed by atoms with Crippen molar-refractivity contribution in [2.75, 3.05) is 6.54 Å². The first-order chi connectivity index (χ1) is 11.2. The Kier molecular flexibility index (Phi) is 5.76. The van der Waals surface area contributed by atoms with Crippen molar-refractivity contribution in [1.29, 1.82) is 0 Å². The van der Waals surface area contributed by atoms with Crippen LogP contribution in [0.15, 0.2) is 29.4 Å². The van der Waals surface area contributed by atoms with Gasteiger partial charge in [0.2, 0.25) is 5.91 Å². The maximum Gasteiger partial charge on any atom is 0.405 e. The van der Waals surface area contributed by atoms with Gasteiger partial charge in [-0.05, 0) is 19.1 Å². The van der Waals surface area contributed by atoms with Gasteiger partial charge in [0, 0.05) is 12.6 Å². The Morgan fingerprint density at radius 1 is 1.38 bits per heavy atom. The summed E-state index contributed by atoms with van der Waals surface area (Å²) in [5, 5.41) is 10.0. The third kappa shape index (κ3) is 4.64. The van der Waals surface area contributed by atoms with E-state index in [1.165, 1.54) is 6.92 Å². The fourth-order valence-corrected chi connectivity index (χ4v) is 2.90. The van der Waals surface area contributed by atoms with E-state index in [1.54, 1.807) is 35.9 Å². The minimum atomic E-state index is -4.44. The second-order valence-electron chi connectivity index (χ2n) is 4.94. The topological polar surface area (TPSA) is 59.8 Å². The quantitative estimate of drug-likeness (QED) is 0.811. The van der Waals surface area contributed by atoms with Crippen molar-refractivity contribution in [2.24, 2.45) is 7.05 Å². The third-order valence-electron chi connectivity index (χ3n) is 3.06. The van der Waals surface area contributed by atoms with Crippen molar-refractivity contribution >= 4 is 29.3 Å². The van der Waals surface area contributed by atoms with Gasteiger partial charge < -0.3 is 9.88 Å². The lowest BCUT2D eigenvalue weighted by atomic mass is 10.2. The molecule has 1 aromatic heterocycles. The molecule has 0 bridgehead atoms. The molecule has 0 aliphatic carbocycles. The molecule has 0 aliphatic heterocycles. The highest BCUT2D eigenvalue weighted by atomic mass is 35.5. The number of halogens is 4. The zero-order valence-corrected chi connectivity index (χ0v) is 14.3. The van der Waals surface area contributed by atoms with Crippen molar-refractivity contribution in [3.8, 4) is 11.4 Å². The summed E-state index contributed by atoms with van der Waals surface area (Å²) in [7, 11) is 1.70. The number of carbonyl (C=O) groups is 1. The maximum absolute atomic E-state index is 12.1. The lowest BCUT2D eigenvalue weighted by Gasteiger charge is -2.13. The smallest absolute Gasteiger partial charge is 0.346 e. The number of amides is 1. The van der Waals surface area contributed by atoms with Crippen molar-refractivity contribution in [1.82, 2.24) is 20.1 Å². The fourth-order valence-electron chi connectivity index (χ4n) is 1.84. The molecule has 0 aliphatic rings. The second kappa shape index (κ2) is 7.43. The molecule has 2 rings (SSSR count). The van der Waals surface area contributed by atoms with Crippen molar-refractivity contribution in [3.05, 3.63) is 29.3 Å². The molecule has 0 fully saturated rings. The number of hydrogen-bond donors (Lipinski definition) is 1. The molecule has 0 radical (unpaired) electrons. The van der Waals surface area contributed by atoms with Crippen LogP contribution in [0.5, 0.6) is 0 Å². The highest BCUT2D eigenvalue weighted by molar-refractivity contribution is 8.00. The summed E-state index contributed by atoms with van der Waals surface area (Å²) in [6, 6.07) is 7.08. The van der Waals surface area contributed by atoms with Crippen LogP contribution in [0, 0.1) is 0 Å². The first kappa shape index (κ1) is 18.6. The third-order valence-corrected chi connectivity index (χ3v) is 4.53. The molecule has 2 aromatic rings. The first-order valence-electron chi connectivity index (χ1n) is 6.84. The molecule has 24 heavy (non-hydrogen) atoms. The fraction of sp³-hybridized carbons (Fsp3) is 0.357. The number of hydrogen-bond acceptors (Lipinski definition) is 4. The number of nitrogens with one attached hydrogen (secondary N) is 1. The van der Waals surface area contributed by atoms with Crippen molar-refractivity contribution in [2.45, 2.75) is 23.5 Å². The minimum absolute atomic E-state index is 0.402. The van der Waals surface area contributed by atoms with Crippen LogP contribution in [-0.4, -0.2) is 38.6 Å². The lowest BCUT2D eigenvalue weighted by Crippen LogP contribution is -2.38. The van der Waals surface area contributed by atoms with Gasteiger partial charge in [-0.1, -0.05) is 35.5 Å². The predicted molar refractivity (Wildman–Crippen MR) is 85.8 cm³/mol. The van der Waals surface area contributed by atoms with Gasteiger partial charge in [0.1, 0.15) is 6.54 Å². The van der Waals surface area contributed by atoms with E-state index in [-0.39, 0.29) is 0 Å². The minimum Gasteiger partial charge on any atom is -0.346 e. The number of rotatable bonds is 5. The van der Waals surface area contributed by atoms with E-state index in [1.807, 2.05) is 5.32 Å². The van der Waals surface area contributed by atoms with Gasteiger partial charge >= 0.3 is 6.18 Å². The average Bonchev–Trinajstić information content (AvgIpc) is 2.85. The summed E-state index contributed by atoms with van der Waals surface area (Å²) in [6.07, 6.45) is -4.44. The molecule has 1 heterocycles. The van der Waals surface area contributed by atoms with Crippen LogP contribution in [0.4, 0.5) is 13.2 Å². The molecule has 10 heteroatoms. The number of nitrogens with zero attached hydrogens (tertiary/aromatic N) is 3. The molecule has 1 aromatic carbocycles. The number of thioether (sulfide) groups is 1. The van der Waals surface area contributed by atoms with E-state index in [4.69, 9.17) is 11.6 Å². The Bertz CT molecular complexity index is 735. The van der Waals surface area contributed by atoms with Gasteiger partial charge in [-0.25, -0.2) is 0 Å². The van der Waals surface area contributed by atoms with E-state index in [2.05, 4.69) is 10.2 Å². The van der Waals surface area contributed by atoms with E-state index in [9.17, 15) is 18.0 Å². The van der Waals surface area contributed by atoms with Crippen molar-refractivity contribution < 1.29 is 18.0 Å². The summed E-state index contributed by atoms with van der Waals surface area (Å²) in [4.78, 5) is 11.7. The van der Waals surface area contributed by atoms with Crippen LogP contribution in [0.1, 0.15) is 6.92 Å². The number of alkyl halides is 3. The first-order valence-corrected chi connectivity index (χ1v) is 8.10. The largest absolute Gasteiger partial charge is 0.405 e. The SMILES string of the molecule is CC(Sc1nnc(-c2ccccc2Cl)n1C)C(=O)NCC(F)(F)F. The van der Waals surface area contributed by atoms with E-state index in [0.717, 1.165) is 11.8 Å². The summed E-state index contributed by atoms with van der Waals surface area (Å²) >= 11 is 7.14. The summed E-state index contributed by atoms with van der Waals surface area (Å²) in [5.41, 5.74) is 0.676. The summed E-state index contributed by atoms with van der Waals surface area (Å²) < 4.78 is 38.1. The zero-order valence-electron chi connectivity index (χ0n) is 12.8. The normalized spacial score (nSPS) is 12.9. The molecule has 1 amide bonds. The van der Waals surface area contributed by atoms with Gasteiger partial charge in [0.05, 0.1) is 10.3 Å². The Morgan fingerprint density at radius 3 is 2.67 bits per heavy atom. The Hall–Kier alpha value is -1.74.